The molecule has 0 saturated carbocycles. The maximum absolute atomic E-state index is 8.00. The van der Waals surface area contributed by atoms with Gasteiger partial charge in [-0.25, -0.2) is 10.4 Å². The molecule has 2 aromatic rings. The summed E-state index contributed by atoms with van der Waals surface area (Å²) in [6, 6.07) is 8.39. The molecular weight excluding hydrogens is 444 g/mol. The van der Waals surface area contributed by atoms with Gasteiger partial charge < -0.3 is 14.5 Å². The fourth-order valence-electron chi connectivity index (χ4n) is 3.74. The van der Waals surface area contributed by atoms with Gasteiger partial charge in [-0.3, -0.25) is 25.3 Å². The van der Waals surface area contributed by atoms with E-state index in [4.69, 9.17) is 14.6 Å². The number of hydrogen-bond donors (Lipinski definition) is 2. The smallest absolute Gasteiger partial charge is 0.106 e. The minimum Gasteiger partial charge on any atom is -0.307 e. The number of pyridine rings is 2. The summed E-state index contributed by atoms with van der Waals surface area (Å²) >= 11 is 0. The molecule has 0 amide bonds. The summed E-state index contributed by atoms with van der Waals surface area (Å²) in [6.07, 6.45) is 6.22. The summed E-state index contributed by atoms with van der Waals surface area (Å²) in [4.78, 5) is 29.9. The van der Waals surface area contributed by atoms with Gasteiger partial charge in [0.15, 0.2) is 0 Å². The van der Waals surface area contributed by atoms with Crippen LogP contribution in [0, 0.1) is 6.92 Å². The lowest BCUT2D eigenvalue weighted by molar-refractivity contribution is -0.0987. The molecule has 0 radical (unpaired) electrons. The first-order valence-electron chi connectivity index (χ1n) is 11.6. The summed E-state index contributed by atoms with van der Waals surface area (Å²) in [5, 5.41) is 4.39. The summed E-state index contributed by atoms with van der Waals surface area (Å²) in [6.45, 7) is 14.2. The van der Waals surface area contributed by atoms with Crippen LogP contribution in [-0.4, -0.2) is 91.3 Å². The lowest BCUT2D eigenvalue weighted by Gasteiger charge is -2.32. The van der Waals surface area contributed by atoms with E-state index in [1.165, 1.54) is 5.56 Å². The van der Waals surface area contributed by atoms with Gasteiger partial charge in [0.25, 0.3) is 0 Å². The zero-order valence-electron chi connectivity index (χ0n) is 21.3. The summed E-state index contributed by atoms with van der Waals surface area (Å²) in [5.74, 6) is 0. The van der Waals surface area contributed by atoms with Crippen LogP contribution < -0.4 is 15.9 Å². The van der Waals surface area contributed by atoms with Gasteiger partial charge in [-0.1, -0.05) is 13.0 Å². The van der Waals surface area contributed by atoms with Crippen molar-refractivity contribution in [1.29, 1.82) is 0 Å². The summed E-state index contributed by atoms with van der Waals surface area (Å²) in [7, 11) is 4.29. The van der Waals surface area contributed by atoms with Crippen LogP contribution in [0.15, 0.2) is 42.7 Å². The van der Waals surface area contributed by atoms with E-state index in [-0.39, 0.29) is 6.17 Å². The second-order valence-corrected chi connectivity index (χ2v) is 8.37. The molecule has 190 valence electrons. The topological polar surface area (TPSA) is 96.9 Å². The van der Waals surface area contributed by atoms with Crippen molar-refractivity contribution < 1.29 is 9.59 Å². The Morgan fingerprint density at radius 3 is 2.34 bits per heavy atom. The molecule has 1 fully saturated rings. The van der Waals surface area contributed by atoms with E-state index in [0.29, 0.717) is 0 Å². The number of rotatable bonds is 7. The molecule has 4 heterocycles. The Labute approximate surface area is 208 Å². The largest absolute Gasteiger partial charge is 0.307 e. The van der Waals surface area contributed by atoms with E-state index in [2.05, 4.69) is 80.9 Å². The van der Waals surface area contributed by atoms with Gasteiger partial charge in [0.1, 0.15) is 13.6 Å². The van der Waals surface area contributed by atoms with E-state index in [9.17, 15) is 0 Å². The van der Waals surface area contributed by atoms with E-state index >= 15 is 0 Å². The van der Waals surface area contributed by atoms with Crippen molar-refractivity contribution in [2.45, 2.75) is 26.6 Å². The molecule has 2 aliphatic heterocycles. The third kappa shape index (κ3) is 7.74. The minimum atomic E-state index is 0.113. The Hall–Kier alpha value is -3.02. The molecule has 1 saturated heterocycles. The Bertz CT molecular complexity index is 912. The molecule has 10 nitrogen and oxygen atoms in total. The second-order valence-electron chi connectivity index (χ2n) is 8.37. The summed E-state index contributed by atoms with van der Waals surface area (Å²) in [5.41, 5.74) is 12.3. The predicted molar refractivity (Wildman–Crippen MR) is 139 cm³/mol. The van der Waals surface area contributed by atoms with Crippen LogP contribution in [0.5, 0.6) is 0 Å². The molecule has 0 bridgehead atoms. The van der Waals surface area contributed by atoms with Crippen LogP contribution in [0.1, 0.15) is 23.9 Å². The van der Waals surface area contributed by atoms with Gasteiger partial charge in [-0.05, 0) is 57.4 Å². The van der Waals surface area contributed by atoms with Crippen molar-refractivity contribution in [3.8, 4) is 0 Å². The van der Waals surface area contributed by atoms with E-state index < -0.39 is 0 Å². The number of hydrogen-bond acceptors (Lipinski definition) is 10. The van der Waals surface area contributed by atoms with Gasteiger partial charge in [0.05, 0.1) is 29.4 Å². The van der Waals surface area contributed by atoms with E-state index in [1.54, 1.807) is 0 Å². The van der Waals surface area contributed by atoms with Crippen LogP contribution >= 0.6 is 0 Å². The molecule has 0 aliphatic carbocycles. The Balaban J connectivity index is 0.00000103. The van der Waals surface area contributed by atoms with E-state index in [0.717, 1.165) is 62.0 Å². The zero-order chi connectivity index (χ0) is 25.8. The highest BCUT2D eigenvalue weighted by atomic mass is 16.1. The molecule has 0 spiro atoms. The molecule has 2 N–H and O–H groups in total. The number of nitrogens with zero attached hydrogens (tertiary/aromatic N) is 6. The standard InChI is InChI=1S/C23H34N8.2CH2O/c1-5-29(4)23-14-22(31(27-23)20-8-6-18(2)24-17-20)21-9-7-19(15-25-21)16-26-30-12-10-28(3)11-13-30;2*1-2/h6-9,14-15,17,23,26-27H,5,10-13,16H2,1-4H3;2*1H2. The van der Waals surface area contributed by atoms with Crippen LogP contribution in [-0.2, 0) is 16.1 Å². The molecule has 0 aromatic carbocycles. The number of likely N-dealkylation sites (N-methyl/N-ethyl adjacent to an activating group) is 2. The van der Waals surface area contributed by atoms with Crippen molar-refractivity contribution in [1.82, 2.24) is 35.6 Å². The highest BCUT2D eigenvalue weighted by Crippen LogP contribution is 2.28. The molecule has 35 heavy (non-hydrogen) atoms. The van der Waals surface area contributed by atoms with Crippen LogP contribution in [0.3, 0.4) is 0 Å². The average Bonchev–Trinajstić information content (AvgIpc) is 3.36. The van der Waals surface area contributed by atoms with Crippen LogP contribution in [0.25, 0.3) is 5.70 Å². The number of aryl methyl sites for hydroxylation is 1. The highest BCUT2D eigenvalue weighted by Gasteiger charge is 2.28. The molecule has 1 atom stereocenters. The fourth-order valence-corrected chi connectivity index (χ4v) is 3.74. The molecule has 10 heteroatoms. The quantitative estimate of drug-likeness (QED) is 0.601. The van der Waals surface area contributed by atoms with Crippen molar-refractivity contribution in [2.24, 2.45) is 0 Å². The molecule has 4 rings (SSSR count). The van der Waals surface area contributed by atoms with Crippen molar-refractivity contribution >= 4 is 25.0 Å². The molecule has 2 aliphatic rings. The monoisotopic (exact) mass is 482 g/mol. The number of hydrazine groups is 2. The van der Waals surface area contributed by atoms with Crippen molar-refractivity contribution in [2.75, 3.05) is 51.8 Å². The normalized spacial score (nSPS) is 18.4. The maximum Gasteiger partial charge on any atom is 0.106 e. The Kier molecular flexibility index (Phi) is 11.6. The van der Waals surface area contributed by atoms with Gasteiger partial charge in [0.2, 0.25) is 0 Å². The van der Waals surface area contributed by atoms with Crippen molar-refractivity contribution in [3.63, 3.8) is 0 Å². The van der Waals surface area contributed by atoms with Crippen molar-refractivity contribution in [3.05, 3.63) is 59.7 Å². The third-order valence-corrected chi connectivity index (χ3v) is 6.04. The number of aromatic nitrogens is 2. The van der Waals surface area contributed by atoms with Crippen LogP contribution in [0.4, 0.5) is 5.69 Å². The first-order chi connectivity index (χ1) is 17.0. The lowest BCUT2D eigenvalue weighted by atomic mass is 10.2. The van der Waals surface area contributed by atoms with E-state index in [1.807, 2.05) is 39.0 Å². The molecule has 1 unspecified atom stereocenters. The molecule has 2 aromatic heterocycles. The fraction of sp³-hybridized carbons (Fsp3) is 0.440. The number of nitrogens with one attached hydrogen (secondary N) is 2. The van der Waals surface area contributed by atoms with Crippen LogP contribution in [0.2, 0.25) is 0 Å². The third-order valence-electron chi connectivity index (χ3n) is 6.04. The molecular formula is C25H38N8O2. The van der Waals surface area contributed by atoms with Gasteiger partial charge in [-0.15, -0.1) is 0 Å². The zero-order valence-corrected chi connectivity index (χ0v) is 21.3. The SMILES string of the molecule is C=O.C=O.CCN(C)C1C=C(c2ccc(CNN3CCN(C)CC3)cn2)N(c2ccc(C)nc2)N1. The first-order valence-corrected chi connectivity index (χ1v) is 11.6. The van der Waals surface area contributed by atoms with Gasteiger partial charge >= 0.3 is 0 Å². The second kappa shape index (κ2) is 14.4. The highest BCUT2D eigenvalue weighted by molar-refractivity contribution is 5.79. The van der Waals surface area contributed by atoms with Gasteiger partial charge in [-0.2, -0.15) is 0 Å². The lowest BCUT2D eigenvalue weighted by Crippen LogP contribution is -2.50. The average molecular weight is 483 g/mol. The number of carbonyl (C=O) groups is 2. The van der Waals surface area contributed by atoms with Gasteiger partial charge in [0, 0.05) is 44.6 Å². The minimum absolute atomic E-state index is 0.113. The number of piperazine rings is 1. The Morgan fingerprint density at radius 2 is 1.77 bits per heavy atom. The Morgan fingerprint density at radius 1 is 1.06 bits per heavy atom. The summed E-state index contributed by atoms with van der Waals surface area (Å²) < 4.78 is 0. The first kappa shape index (κ1) is 28.2. The number of anilines is 1. The number of carbonyl (C=O) groups excluding carboxylic acids is 2. The predicted octanol–water partition coefficient (Wildman–Crippen LogP) is 1.31. The maximum atomic E-state index is 8.00.